The summed E-state index contributed by atoms with van der Waals surface area (Å²) < 4.78 is 5.85. The van der Waals surface area contributed by atoms with Crippen molar-refractivity contribution in [1.29, 1.82) is 0 Å². The van der Waals surface area contributed by atoms with E-state index >= 15 is 0 Å². The van der Waals surface area contributed by atoms with Gasteiger partial charge >= 0.3 is 6.09 Å². The van der Waals surface area contributed by atoms with Gasteiger partial charge in [-0.1, -0.05) is 32.4 Å². The summed E-state index contributed by atoms with van der Waals surface area (Å²) in [5, 5.41) is 11.9. The van der Waals surface area contributed by atoms with Crippen molar-refractivity contribution in [2.75, 3.05) is 46.4 Å². The minimum absolute atomic E-state index is 0.232. The average Bonchev–Trinajstić information content (AvgIpc) is 2.62. The first-order valence-electron chi connectivity index (χ1n) is 9.61. The van der Waals surface area contributed by atoms with Gasteiger partial charge in [0.05, 0.1) is 12.6 Å². The van der Waals surface area contributed by atoms with Gasteiger partial charge in [-0.25, -0.2) is 4.79 Å². The number of rotatable bonds is 9. The molecule has 0 aliphatic carbocycles. The van der Waals surface area contributed by atoms with Gasteiger partial charge in [0.25, 0.3) is 0 Å². The highest BCUT2D eigenvalue weighted by Crippen LogP contribution is 2.20. The molecule has 6 heteroatoms. The fourth-order valence-electron chi connectivity index (χ4n) is 3.28. The summed E-state index contributed by atoms with van der Waals surface area (Å²) in [6.45, 7) is 9.74. The molecule has 2 unspecified atom stereocenters. The molecule has 2 N–H and O–H groups in total. The standard InChI is InChI=1S/C20H33N3O3/c1-4-5-16(2)15-26-18-8-6-17(7-9-18)19(21-20(24)25)14-23-12-10-22(3)11-13-23/h6-9,16,19,21H,4-5,10-15H2,1-3H3,(H,24,25). The van der Waals surface area contributed by atoms with E-state index in [1.807, 2.05) is 24.3 Å². The van der Waals surface area contributed by atoms with Crippen LogP contribution in [0.1, 0.15) is 38.3 Å². The molecular formula is C20H33N3O3. The number of nitrogens with zero attached hydrogens (tertiary/aromatic N) is 2. The highest BCUT2D eigenvalue weighted by atomic mass is 16.5. The first kappa shape index (κ1) is 20.5. The fraction of sp³-hybridized carbons (Fsp3) is 0.650. The molecule has 6 nitrogen and oxygen atoms in total. The van der Waals surface area contributed by atoms with E-state index in [-0.39, 0.29) is 6.04 Å². The van der Waals surface area contributed by atoms with Crippen molar-refractivity contribution in [3.8, 4) is 5.75 Å². The number of hydrogen-bond acceptors (Lipinski definition) is 4. The van der Waals surface area contributed by atoms with Crippen molar-refractivity contribution in [3.05, 3.63) is 29.8 Å². The summed E-state index contributed by atoms with van der Waals surface area (Å²) in [5.41, 5.74) is 0.972. The number of benzene rings is 1. The largest absolute Gasteiger partial charge is 0.493 e. The van der Waals surface area contributed by atoms with Gasteiger partial charge in [-0.05, 0) is 37.1 Å². The van der Waals surface area contributed by atoms with Gasteiger partial charge in [-0.3, -0.25) is 4.90 Å². The SMILES string of the molecule is CCCC(C)COc1ccc(C(CN2CCN(C)CC2)NC(=O)O)cc1. The summed E-state index contributed by atoms with van der Waals surface area (Å²) in [6.07, 6.45) is 1.34. The molecule has 2 rings (SSSR count). The van der Waals surface area contributed by atoms with Crippen LogP contribution in [0.25, 0.3) is 0 Å². The molecule has 1 heterocycles. The number of nitrogens with one attached hydrogen (secondary N) is 1. The van der Waals surface area contributed by atoms with E-state index in [4.69, 9.17) is 4.74 Å². The Bertz CT molecular complexity index is 542. The lowest BCUT2D eigenvalue weighted by atomic mass is 10.1. The monoisotopic (exact) mass is 363 g/mol. The summed E-state index contributed by atoms with van der Waals surface area (Å²) >= 11 is 0. The average molecular weight is 364 g/mol. The molecule has 1 aromatic rings. The minimum Gasteiger partial charge on any atom is -0.493 e. The molecule has 0 radical (unpaired) electrons. The number of hydrogen-bond donors (Lipinski definition) is 2. The molecule has 0 aromatic heterocycles. The third kappa shape index (κ3) is 6.84. The quantitative estimate of drug-likeness (QED) is 0.706. The predicted molar refractivity (Wildman–Crippen MR) is 104 cm³/mol. The zero-order chi connectivity index (χ0) is 18.9. The van der Waals surface area contributed by atoms with E-state index < -0.39 is 6.09 Å². The fourth-order valence-corrected chi connectivity index (χ4v) is 3.28. The Morgan fingerprint density at radius 2 is 1.88 bits per heavy atom. The molecule has 1 fully saturated rings. The van der Waals surface area contributed by atoms with E-state index in [0.717, 1.165) is 50.3 Å². The Morgan fingerprint density at radius 3 is 2.46 bits per heavy atom. The Labute approximate surface area is 157 Å². The number of likely N-dealkylation sites (N-methyl/N-ethyl adjacent to an activating group) is 1. The Balaban J connectivity index is 1.95. The van der Waals surface area contributed by atoms with Gasteiger partial charge in [-0.2, -0.15) is 0 Å². The molecule has 1 aliphatic heterocycles. The molecule has 1 amide bonds. The van der Waals surface area contributed by atoms with Crippen molar-refractivity contribution in [2.45, 2.75) is 32.7 Å². The van der Waals surface area contributed by atoms with Gasteiger partial charge in [0.2, 0.25) is 0 Å². The molecule has 146 valence electrons. The van der Waals surface area contributed by atoms with Crippen LogP contribution in [0.4, 0.5) is 4.79 Å². The van der Waals surface area contributed by atoms with E-state index in [2.05, 4.69) is 36.0 Å². The van der Waals surface area contributed by atoms with Crippen LogP contribution in [0.5, 0.6) is 5.75 Å². The maximum absolute atomic E-state index is 11.2. The van der Waals surface area contributed by atoms with Gasteiger partial charge < -0.3 is 20.1 Å². The summed E-state index contributed by atoms with van der Waals surface area (Å²) in [4.78, 5) is 15.8. The topological polar surface area (TPSA) is 65.0 Å². The molecular weight excluding hydrogens is 330 g/mol. The molecule has 0 bridgehead atoms. The number of ether oxygens (including phenoxy) is 1. The lowest BCUT2D eigenvalue weighted by molar-refractivity contribution is 0.138. The summed E-state index contributed by atoms with van der Waals surface area (Å²) in [6, 6.07) is 7.58. The van der Waals surface area contributed by atoms with E-state index in [1.54, 1.807) is 0 Å². The second kappa shape index (κ2) is 10.4. The third-order valence-corrected chi connectivity index (χ3v) is 4.93. The Kier molecular flexibility index (Phi) is 8.19. The number of amides is 1. The first-order chi connectivity index (χ1) is 12.5. The van der Waals surface area contributed by atoms with Crippen LogP contribution >= 0.6 is 0 Å². The normalized spacial score (nSPS) is 18.3. The van der Waals surface area contributed by atoms with Crippen LogP contribution in [-0.2, 0) is 0 Å². The van der Waals surface area contributed by atoms with Crippen LogP contribution in [-0.4, -0.2) is 67.4 Å². The lowest BCUT2D eigenvalue weighted by Gasteiger charge is -2.34. The second-order valence-corrected chi connectivity index (χ2v) is 7.38. The highest BCUT2D eigenvalue weighted by Gasteiger charge is 2.21. The molecule has 1 aliphatic rings. The summed E-state index contributed by atoms with van der Waals surface area (Å²) in [5.74, 6) is 1.38. The van der Waals surface area contributed by atoms with Crippen LogP contribution in [0.3, 0.4) is 0 Å². The molecule has 2 atom stereocenters. The molecule has 0 saturated carbocycles. The Hall–Kier alpha value is -1.79. The van der Waals surface area contributed by atoms with Crippen molar-refractivity contribution in [2.24, 2.45) is 5.92 Å². The van der Waals surface area contributed by atoms with Crippen LogP contribution in [0, 0.1) is 5.92 Å². The third-order valence-electron chi connectivity index (χ3n) is 4.93. The lowest BCUT2D eigenvalue weighted by Crippen LogP contribution is -2.47. The van der Waals surface area contributed by atoms with Crippen LogP contribution in [0.2, 0.25) is 0 Å². The maximum Gasteiger partial charge on any atom is 0.405 e. The second-order valence-electron chi connectivity index (χ2n) is 7.38. The number of carbonyl (C=O) groups is 1. The van der Waals surface area contributed by atoms with Crippen molar-refractivity contribution in [3.63, 3.8) is 0 Å². The van der Waals surface area contributed by atoms with Gasteiger partial charge in [-0.15, -0.1) is 0 Å². The molecule has 0 spiro atoms. The van der Waals surface area contributed by atoms with E-state index in [9.17, 15) is 9.90 Å². The van der Waals surface area contributed by atoms with Crippen molar-refractivity contribution < 1.29 is 14.6 Å². The van der Waals surface area contributed by atoms with Gasteiger partial charge in [0.1, 0.15) is 5.75 Å². The van der Waals surface area contributed by atoms with Gasteiger partial charge in [0, 0.05) is 32.7 Å². The minimum atomic E-state index is -0.988. The van der Waals surface area contributed by atoms with Gasteiger partial charge in [0.15, 0.2) is 0 Å². The number of carboxylic acid groups (broad SMARTS) is 1. The van der Waals surface area contributed by atoms with E-state index in [0.29, 0.717) is 19.1 Å². The maximum atomic E-state index is 11.2. The summed E-state index contributed by atoms with van der Waals surface area (Å²) in [7, 11) is 2.12. The molecule has 1 aromatic carbocycles. The molecule has 1 saturated heterocycles. The zero-order valence-electron chi connectivity index (χ0n) is 16.3. The highest BCUT2D eigenvalue weighted by molar-refractivity contribution is 5.65. The van der Waals surface area contributed by atoms with Crippen LogP contribution < -0.4 is 10.1 Å². The van der Waals surface area contributed by atoms with Crippen molar-refractivity contribution in [1.82, 2.24) is 15.1 Å². The van der Waals surface area contributed by atoms with Crippen molar-refractivity contribution >= 4 is 6.09 Å². The van der Waals surface area contributed by atoms with E-state index in [1.165, 1.54) is 0 Å². The Morgan fingerprint density at radius 1 is 1.23 bits per heavy atom. The first-order valence-corrected chi connectivity index (χ1v) is 9.61. The number of piperazine rings is 1. The predicted octanol–water partition coefficient (Wildman–Crippen LogP) is 3.06. The smallest absolute Gasteiger partial charge is 0.405 e. The molecule has 26 heavy (non-hydrogen) atoms. The van der Waals surface area contributed by atoms with Crippen LogP contribution in [0.15, 0.2) is 24.3 Å². The zero-order valence-corrected chi connectivity index (χ0v) is 16.3.